The molecule has 3 aliphatic rings. The van der Waals surface area contributed by atoms with Gasteiger partial charge in [-0.05, 0) is 67.8 Å². The second kappa shape index (κ2) is 10.8. The van der Waals surface area contributed by atoms with Crippen LogP contribution in [0.1, 0.15) is 31.7 Å². The van der Waals surface area contributed by atoms with Gasteiger partial charge in [0.25, 0.3) is 5.92 Å². The number of piperazine rings is 1. The van der Waals surface area contributed by atoms with Gasteiger partial charge in [0.2, 0.25) is 5.91 Å². The van der Waals surface area contributed by atoms with E-state index in [0.29, 0.717) is 44.1 Å². The average Bonchev–Trinajstić information content (AvgIpc) is 3.50. The summed E-state index contributed by atoms with van der Waals surface area (Å²) in [6, 6.07) is 16.5. The van der Waals surface area contributed by atoms with E-state index in [-0.39, 0.29) is 37.5 Å². The van der Waals surface area contributed by atoms with Crippen molar-refractivity contribution >= 4 is 33.5 Å². The molecule has 2 aromatic carbocycles. The summed E-state index contributed by atoms with van der Waals surface area (Å²) in [4.78, 5) is 32.8. The number of anilines is 1. The van der Waals surface area contributed by atoms with Crippen LogP contribution >= 0.6 is 0 Å². The van der Waals surface area contributed by atoms with Crippen molar-refractivity contribution in [1.82, 2.24) is 24.8 Å². The molecule has 10 heteroatoms. The predicted molar refractivity (Wildman–Crippen MR) is 167 cm³/mol. The zero-order valence-electron chi connectivity index (χ0n) is 25.1. The van der Waals surface area contributed by atoms with Crippen LogP contribution in [0.2, 0.25) is 0 Å². The van der Waals surface area contributed by atoms with Crippen LogP contribution in [0.4, 0.5) is 14.6 Å². The van der Waals surface area contributed by atoms with E-state index in [9.17, 15) is 13.6 Å². The Morgan fingerprint density at radius 1 is 1.09 bits per heavy atom. The molecule has 228 valence electrons. The molecule has 0 aliphatic carbocycles. The highest BCUT2D eigenvalue weighted by Crippen LogP contribution is 2.46. The summed E-state index contributed by atoms with van der Waals surface area (Å²) >= 11 is 0. The lowest BCUT2D eigenvalue weighted by atomic mass is 9.94. The molecule has 2 atom stereocenters. The zero-order chi connectivity index (χ0) is 30.6. The molecular weight excluding hydrogens is 562 g/mol. The van der Waals surface area contributed by atoms with Crippen LogP contribution in [0.3, 0.4) is 0 Å². The second-order valence-electron chi connectivity index (χ2n) is 12.5. The van der Waals surface area contributed by atoms with E-state index in [1.54, 1.807) is 4.90 Å². The number of pyridine rings is 1. The van der Waals surface area contributed by atoms with Crippen molar-refractivity contribution < 1.29 is 18.3 Å². The van der Waals surface area contributed by atoms with Gasteiger partial charge < -0.3 is 14.5 Å². The Labute approximate surface area is 255 Å². The van der Waals surface area contributed by atoms with Gasteiger partial charge in [0.15, 0.2) is 5.65 Å². The maximum Gasteiger partial charge on any atom is 0.320 e. The van der Waals surface area contributed by atoms with Gasteiger partial charge in [-0.2, -0.15) is 9.97 Å². The van der Waals surface area contributed by atoms with Gasteiger partial charge in [-0.1, -0.05) is 43.0 Å². The predicted octanol–water partition coefficient (Wildman–Crippen LogP) is 5.63. The molecule has 0 spiro atoms. The molecule has 44 heavy (non-hydrogen) atoms. The van der Waals surface area contributed by atoms with E-state index in [0.717, 1.165) is 39.4 Å². The maximum absolute atomic E-state index is 14.5. The Balaban J connectivity index is 1.30. The van der Waals surface area contributed by atoms with Gasteiger partial charge >= 0.3 is 6.01 Å². The van der Waals surface area contributed by atoms with Crippen LogP contribution in [0.15, 0.2) is 61.2 Å². The van der Waals surface area contributed by atoms with Gasteiger partial charge in [-0.25, -0.2) is 13.8 Å². The standard InChI is InChI=1S/C34H36F2N6O2/c1-4-28(43)40-16-17-42(23(3)18-40)31-26-12-13-27(25-11-6-10-24-9-5-8-22(2)29(24)25)37-30(26)38-32(39-31)44-21-33-14-7-15-41(33)20-34(35,36)19-33/h4-6,8-13,23H,1,7,14-21H2,2-3H3/t23-,33+/m1/s1. The summed E-state index contributed by atoms with van der Waals surface area (Å²) in [6.45, 7) is 9.86. The third kappa shape index (κ3) is 4.95. The number of benzene rings is 2. The molecule has 3 fully saturated rings. The number of amides is 1. The molecule has 0 saturated carbocycles. The van der Waals surface area contributed by atoms with Gasteiger partial charge in [-0.3, -0.25) is 9.69 Å². The summed E-state index contributed by atoms with van der Waals surface area (Å²) in [6.07, 6.45) is 2.64. The van der Waals surface area contributed by atoms with Crippen LogP contribution in [-0.4, -0.2) is 87.5 Å². The monoisotopic (exact) mass is 598 g/mol. The minimum Gasteiger partial charge on any atom is -0.461 e. The van der Waals surface area contributed by atoms with Gasteiger partial charge in [0.05, 0.1) is 23.2 Å². The van der Waals surface area contributed by atoms with Crippen LogP contribution < -0.4 is 9.64 Å². The summed E-state index contributed by atoms with van der Waals surface area (Å²) in [5.41, 5.74) is 2.69. The Morgan fingerprint density at radius 2 is 1.91 bits per heavy atom. The van der Waals surface area contributed by atoms with E-state index in [1.807, 2.05) is 36.1 Å². The van der Waals surface area contributed by atoms with E-state index in [1.165, 1.54) is 6.08 Å². The van der Waals surface area contributed by atoms with Crippen LogP contribution in [-0.2, 0) is 4.79 Å². The Hall–Kier alpha value is -4.18. The van der Waals surface area contributed by atoms with Gasteiger partial charge in [0.1, 0.15) is 12.4 Å². The fraction of sp³-hybridized carbons (Fsp3) is 0.412. The molecule has 7 rings (SSSR count). The average molecular weight is 599 g/mol. The summed E-state index contributed by atoms with van der Waals surface area (Å²) in [5.74, 6) is -2.17. The maximum atomic E-state index is 14.5. The van der Waals surface area contributed by atoms with Crippen molar-refractivity contribution in [3.05, 3.63) is 66.7 Å². The molecule has 3 saturated heterocycles. The largest absolute Gasteiger partial charge is 0.461 e. The molecule has 2 aromatic heterocycles. The summed E-state index contributed by atoms with van der Waals surface area (Å²) < 4.78 is 35.2. The molecule has 0 unspecified atom stereocenters. The number of hydrogen-bond acceptors (Lipinski definition) is 7. The summed E-state index contributed by atoms with van der Waals surface area (Å²) in [5, 5.41) is 3.03. The number of aryl methyl sites for hydroxylation is 1. The zero-order valence-corrected chi connectivity index (χ0v) is 25.1. The lowest BCUT2D eigenvalue weighted by Gasteiger charge is -2.40. The molecule has 3 aliphatic heterocycles. The van der Waals surface area contributed by atoms with Crippen LogP contribution in [0, 0.1) is 6.92 Å². The number of carbonyl (C=O) groups excluding carboxylic acids is 1. The fourth-order valence-corrected chi connectivity index (χ4v) is 7.42. The SMILES string of the molecule is C=CC(=O)N1CCN(c2nc(OC[C@@]34CCCN3CC(F)(F)C4)nc3nc(-c4cccc5cccc(C)c45)ccc23)[C@H](C)C1. The van der Waals surface area contributed by atoms with E-state index < -0.39 is 11.5 Å². The number of hydrogen-bond donors (Lipinski definition) is 0. The van der Waals surface area contributed by atoms with Crippen molar-refractivity contribution in [1.29, 1.82) is 0 Å². The highest BCUT2D eigenvalue weighted by atomic mass is 19.3. The van der Waals surface area contributed by atoms with Crippen molar-refractivity contribution in [3.8, 4) is 17.3 Å². The van der Waals surface area contributed by atoms with Crippen molar-refractivity contribution in [2.24, 2.45) is 0 Å². The van der Waals surface area contributed by atoms with E-state index >= 15 is 0 Å². The number of aromatic nitrogens is 3. The number of carbonyl (C=O) groups is 1. The lowest BCUT2D eigenvalue weighted by molar-refractivity contribution is -0.126. The van der Waals surface area contributed by atoms with Crippen molar-refractivity contribution in [3.63, 3.8) is 0 Å². The third-order valence-corrected chi connectivity index (χ3v) is 9.51. The number of nitrogens with zero attached hydrogens (tertiary/aromatic N) is 6. The Morgan fingerprint density at radius 3 is 2.70 bits per heavy atom. The highest BCUT2D eigenvalue weighted by Gasteiger charge is 2.57. The molecule has 5 heterocycles. The molecule has 0 bridgehead atoms. The number of alkyl halides is 2. The number of ether oxygens (including phenoxy) is 1. The normalized spacial score (nSPS) is 23.3. The van der Waals surface area contributed by atoms with Crippen molar-refractivity contribution in [2.45, 2.75) is 50.6 Å². The van der Waals surface area contributed by atoms with Gasteiger partial charge in [0, 0.05) is 37.7 Å². The molecule has 4 aromatic rings. The summed E-state index contributed by atoms with van der Waals surface area (Å²) in [7, 11) is 0. The Bertz CT molecular complexity index is 1770. The minimum absolute atomic E-state index is 0.0450. The topological polar surface area (TPSA) is 74.7 Å². The smallest absolute Gasteiger partial charge is 0.320 e. The van der Waals surface area contributed by atoms with Crippen molar-refractivity contribution in [2.75, 3.05) is 44.2 Å². The first-order valence-corrected chi connectivity index (χ1v) is 15.3. The third-order valence-electron chi connectivity index (χ3n) is 9.51. The Kier molecular flexibility index (Phi) is 6.99. The lowest BCUT2D eigenvalue weighted by Crippen LogP contribution is -2.53. The first-order valence-electron chi connectivity index (χ1n) is 15.3. The van der Waals surface area contributed by atoms with E-state index in [4.69, 9.17) is 19.7 Å². The van der Waals surface area contributed by atoms with E-state index in [2.05, 4.69) is 42.7 Å². The first-order chi connectivity index (χ1) is 21.2. The first kappa shape index (κ1) is 28.6. The molecule has 0 N–H and O–H groups in total. The van der Waals surface area contributed by atoms with Crippen LogP contribution in [0.5, 0.6) is 6.01 Å². The molecule has 8 nitrogen and oxygen atoms in total. The quantitative estimate of drug-likeness (QED) is 0.267. The minimum atomic E-state index is -2.73. The molecular formula is C34H36F2N6O2. The molecule has 1 amide bonds. The molecule has 0 radical (unpaired) electrons. The number of rotatable bonds is 6. The van der Waals surface area contributed by atoms with Gasteiger partial charge in [-0.15, -0.1) is 0 Å². The fourth-order valence-electron chi connectivity index (χ4n) is 7.42. The second-order valence-corrected chi connectivity index (χ2v) is 12.5. The number of halogens is 2. The highest BCUT2D eigenvalue weighted by molar-refractivity contribution is 5.99. The van der Waals surface area contributed by atoms with Crippen LogP contribution in [0.25, 0.3) is 33.1 Å². The number of fused-ring (bicyclic) bond motifs is 3.